The lowest BCUT2D eigenvalue weighted by molar-refractivity contribution is -0.265. The van der Waals surface area contributed by atoms with Gasteiger partial charge < -0.3 is 43.5 Å². The predicted molar refractivity (Wildman–Crippen MR) is 268 cm³/mol. The highest BCUT2D eigenvalue weighted by Crippen LogP contribution is 2.38. The van der Waals surface area contributed by atoms with Crippen LogP contribution < -0.4 is 0 Å². The van der Waals surface area contributed by atoms with Crippen molar-refractivity contribution < 1.29 is 67.4 Å². The number of carbonyl (C=O) groups excluding carboxylic acids is 6. The van der Waals surface area contributed by atoms with Gasteiger partial charge in [0.2, 0.25) is 5.79 Å². The van der Waals surface area contributed by atoms with Crippen LogP contribution in [-0.4, -0.2) is 158 Å². The van der Waals surface area contributed by atoms with Crippen molar-refractivity contribution in [2.45, 2.75) is 180 Å². The van der Waals surface area contributed by atoms with Crippen molar-refractivity contribution in [2.75, 3.05) is 48.5 Å². The number of methoxy groups -OCH3 is 3. The van der Waals surface area contributed by atoms with Crippen LogP contribution in [0.2, 0.25) is 0 Å². The lowest BCUT2D eigenvalue weighted by Crippen LogP contribution is -2.61. The van der Waals surface area contributed by atoms with Crippen LogP contribution in [0, 0.1) is 35.5 Å². The maximum Gasteiger partial charge on any atom is 0.329 e. The highest BCUT2D eigenvalue weighted by Gasteiger charge is 2.53. The zero-order chi connectivity index (χ0) is 52.7. The van der Waals surface area contributed by atoms with Gasteiger partial charge in [0.1, 0.15) is 36.2 Å². The van der Waals surface area contributed by atoms with E-state index < -0.39 is 89.8 Å². The summed E-state index contributed by atoms with van der Waals surface area (Å²) in [6.07, 6.45) is 11.0. The quantitative estimate of drug-likeness (QED) is 0.148. The van der Waals surface area contributed by atoms with E-state index in [-0.39, 0.29) is 61.4 Å². The molecule has 2 saturated heterocycles. The summed E-state index contributed by atoms with van der Waals surface area (Å²) in [5.41, 5.74) is 1.24. The molecule has 1 saturated carbocycles. The van der Waals surface area contributed by atoms with Crippen molar-refractivity contribution in [1.82, 2.24) is 9.80 Å². The molecule has 3 aliphatic heterocycles. The summed E-state index contributed by atoms with van der Waals surface area (Å²) >= 11 is 0. The summed E-state index contributed by atoms with van der Waals surface area (Å²) in [5.74, 6) is -8.68. The first-order valence-corrected chi connectivity index (χ1v) is 25.9. The fourth-order valence-corrected chi connectivity index (χ4v) is 10.7. The number of fused-ring (bicyclic) bond motifs is 3. The number of piperidine rings is 1. The van der Waals surface area contributed by atoms with Gasteiger partial charge in [-0.05, 0) is 121 Å². The molecule has 71 heavy (non-hydrogen) atoms. The predicted octanol–water partition coefficient (Wildman–Crippen LogP) is 6.29. The average molecular weight is 999 g/mol. The Kier molecular flexibility index (Phi) is 23.5. The molecule has 4 aliphatic rings. The van der Waals surface area contributed by atoms with Crippen molar-refractivity contribution in [3.63, 3.8) is 0 Å². The Bertz CT molecular complexity index is 1950. The van der Waals surface area contributed by atoms with E-state index in [4.69, 9.17) is 28.4 Å². The summed E-state index contributed by atoms with van der Waals surface area (Å²) in [4.78, 5) is 86.9. The van der Waals surface area contributed by atoms with Gasteiger partial charge in [0.15, 0.2) is 5.78 Å². The van der Waals surface area contributed by atoms with E-state index in [1.807, 2.05) is 58.1 Å². The largest absolute Gasteiger partial charge is 0.460 e. The van der Waals surface area contributed by atoms with Gasteiger partial charge in [0, 0.05) is 58.5 Å². The number of ether oxygens (including phenoxy) is 6. The SMILES string of the molecule is CO[C@H]1C[C@@H]2CC[C@@H](C)[C@@](O)(O2)C(=O)C(=O)N2CCCC[C@H]2C(=O)O[C@H]([C@H](C)C[C@@H]2CC[C@@H](OC)[C@H](OC(=O)CN(C)C)C2)CC(=O)[C@H](C)/C=C(\C)[C@@H](O)[C@@H](OC)C(=O)[C@H](C)C[C@H](C)\C=C/C=C/C=C/1C. The third kappa shape index (κ3) is 16.6. The maximum absolute atomic E-state index is 14.5. The maximum atomic E-state index is 14.5. The molecule has 4 rings (SSSR count). The number of aliphatic hydroxyl groups excluding tert-OH is 1. The van der Waals surface area contributed by atoms with Crippen molar-refractivity contribution in [3.05, 3.63) is 47.6 Å². The lowest BCUT2D eigenvalue weighted by atomic mass is 9.78. The second kappa shape index (κ2) is 28.0. The second-order valence-corrected chi connectivity index (χ2v) is 21.3. The Morgan fingerprint density at radius 3 is 2.25 bits per heavy atom. The molecule has 3 fully saturated rings. The minimum Gasteiger partial charge on any atom is -0.460 e. The monoisotopic (exact) mass is 999 g/mol. The van der Waals surface area contributed by atoms with Gasteiger partial charge in [0.25, 0.3) is 11.7 Å². The molecule has 0 aromatic rings. The van der Waals surface area contributed by atoms with Crippen LogP contribution in [0.25, 0.3) is 0 Å². The molecule has 3 heterocycles. The number of nitrogens with zero attached hydrogens (tertiary/aromatic N) is 2. The van der Waals surface area contributed by atoms with Gasteiger partial charge in [-0.2, -0.15) is 0 Å². The first-order valence-electron chi connectivity index (χ1n) is 25.9. The summed E-state index contributed by atoms with van der Waals surface area (Å²) < 4.78 is 35.6. The summed E-state index contributed by atoms with van der Waals surface area (Å²) in [6.45, 7) is 12.8. The van der Waals surface area contributed by atoms with Gasteiger partial charge in [0.05, 0.1) is 24.9 Å². The second-order valence-electron chi connectivity index (χ2n) is 21.3. The minimum absolute atomic E-state index is 0.00664. The van der Waals surface area contributed by atoms with E-state index in [9.17, 15) is 39.0 Å². The number of aliphatic hydroxyl groups is 2. The van der Waals surface area contributed by atoms with Crippen molar-refractivity contribution >= 4 is 35.2 Å². The van der Waals surface area contributed by atoms with E-state index in [0.29, 0.717) is 63.4 Å². The van der Waals surface area contributed by atoms with Crippen LogP contribution in [0.4, 0.5) is 0 Å². The van der Waals surface area contributed by atoms with E-state index in [1.54, 1.807) is 60.1 Å². The van der Waals surface area contributed by atoms with Crippen molar-refractivity contribution in [1.29, 1.82) is 0 Å². The molecular weight excluding hydrogens is 913 g/mol. The number of Topliss-reactive ketones (excluding diaryl/α,β-unsaturated/α-hetero) is 3. The molecule has 400 valence electrons. The van der Waals surface area contributed by atoms with E-state index in [2.05, 4.69) is 0 Å². The third-order valence-electron chi connectivity index (χ3n) is 15.2. The zero-order valence-electron chi connectivity index (χ0n) is 44.6. The van der Waals surface area contributed by atoms with Crippen LogP contribution in [0.3, 0.4) is 0 Å². The van der Waals surface area contributed by atoms with E-state index >= 15 is 0 Å². The Morgan fingerprint density at radius 1 is 0.873 bits per heavy atom. The topological polar surface area (TPSA) is 205 Å². The number of carbonyl (C=O) groups is 6. The first-order chi connectivity index (χ1) is 33.5. The van der Waals surface area contributed by atoms with Crippen molar-refractivity contribution in [3.8, 4) is 0 Å². The van der Waals surface area contributed by atoms with Gasteiger partial charge in [-0.25, -0.2) is 4.79 Å². The number of hydrogen-bond donors (Lipinski definition) is 2. The highest BCUT2D eigenvalue weighted by atomic mass is 16.6. The molecule has 1 amide bonds. The summed E-state index contributed by atoms with van der Waals surface area (Å²) in [6, 6.07) is -1.17. The average Bonchev–Trinajstić information content (AvgIpc) is 3.32. The third-order valence-corrected chi connectivity index (χ3v) is 15.2. The molecule has 2 bridgehead atoms. The zero-order valence-corrected chi connectivity index (χ0v) is 44.6. The van der Waals surface area contributed by atoms with E-state index in [1.165, 1.54) is 12.0 Å². The fourth-order valence-electron chi connectivity index (χ4n) is 10.7. The lowest BCUT2D eigenvalue weighted by Gasteiger charge is -2.42. The standard InChI is InChI=1S/C55H86N2O14/c1-33-18-14-13-15-19-34(2)45(67-11)30-41-23-21-39(7)55(65,71-41)52(62)53(63)57-25-17-16-20-42(57)54(64)70-46(31-43(58)35(3)27-38(6)50(61)51(68-12)49(60)37(5)26-33)36(4)28-40-22-24-44(66-10)47(29-40)69-48(59)32-56(8)9/h13-15,18-19,27,33,35-37,39-42,44-47,50-51,61,65H,16-17,20-26,28-32H2,1-12H3/b15-13+,18-14-,34-19+,38-27+/t33-,35-,36-,37-,39-,40+,41+,42+,44-,45+,46+,47-,50-,51+,55-/m1/s1. The van der Waals surface area contributed by atoms with Gasteiger partial charge in [-0.15, -0.1) is 0 Å². The molecule has 2 N–H and O–H groups in total. The van der Waals surface area contributed by atoms with Crippen LogP contribution in [0.1, 0.15) is 126 Å². The van der Waals surface area contributed by atoms with Gasteiger partial charge >= 0.3 is 11.9 Å². The van der Waals surface area contributed by atoms with Gasteiger partial charge in [-0.3, -0.25) is 28.9 Å². The number of rotatable bonds is 9. The summed E-state index contributed by atoms with van der Waals surface area (Å²) in [5, 5.41) is 23.5. The molecule has 0 unspecified atom stereocenters. The van der Waals surface area contributed by atoms with Gasteiger partial charge in [-0.1, -0.05) is 71.1 Å². The molecule has 15 atom stereocenters. The smallest absolute Gasteiger partial charge is 0.329 e. The molecule has 0 radical (unpaired) electrons. The Morgan fingerprint density at radius 2 is 1.59 bits per heavy atom. The number of hydrogen-bond acceptors (Lipinski definition) is 15. The Hall–Kier alpha value is -3.90. The first kappa shape index (κ1) is 59.7. The normalized spacial score (nSPS) is 38.0. The highest BCUT2D eigenvalue weighted by molar-refractivity contribution is 6.39. The number of esters is 2. The van der Waals surface area contributed by atoms with Crippen LogP contribution >= 0.6 is 0 Å². The number of cyclic esters (lactones) is 1. The molecule has 0 aromatic heterocycles. The number of likely N-dealkylation sites (N-methyl/N-ethyl adjacent to an activating group) is 1. The van der Waals surface area contributed by atoms with E-state index in [0.717, 1.165) is 12.0 Å². The Balaban J connectivity index is 1.71. The minimum atomic E-state index is -2.45. The molecule has 16 heteroatoms. The molecule has 16 nitrogen and oxygen atoms in total. The molecular formula is C55H86N2O14. The number of amides is 1. The van der Waals surface area contributed by atoms with Crippen molar-refractivity contribution in [2.24, 2.45) is 35.5 Å². The van der Waals surface area contributed by atoms with Crippen LogP contribution in [0.15, 0.2) is 47.6 Å². The summed E-state index contributed by atoms with van der Waals surface area (Å²) in [7, 11) is 8.11. The molecule has 1 aliphatic carbocycles. The molecule has 0 aromatic carbocycles. The molecule has 0 spiro atoms. The number of allylic oxidation sites excluding steroid dienone is 6. The number of ketones is 3. The fraction of sp³-hybridized carbons (Fsp3) is 0.745. The van der Waals surface area contributed by atoms with Crippen LogP contribution in [0.5, 0.6) is 0 Å². The van der Waals surface area contributed by atoms with Crippen LogP contribution in [-0.2, 0) is 57.2 Å². The Labute approximate surface area is 422 Å².